The van der Waals surface area contributed by atoms with Crippen LogP contribution in [0.15, 0.2) is 36.4 Å². The molecule has 5 heteroatoms. The molecule has 0 aliphatic heterocycles. The van der Waals surface area contributed by atoms with Gasteiger partial charge in [0, 0.05) is 26.8 Å². The minimum Gasteiger partial charge on any atom is -0.479 e. The fourth-order valence-corrected chi connectivity index (χ4v) is 2.47. The number of hydrogen-bond acceptors (Lipinski definition) is 2. The maximum Gasteiger partial charge on any atom is 0.340 e. The second-order valence-electron chi connectivity index (χ2n) is 4.95. The van der Waals surface area contributed by atoms with Crippen LogP contribution in [0.5, 0.6) is 0 Å². The molecular weight excluding hydrogens is 278 g/mol. The van der Waals surface area contributed by atoms with Gasteiger partial charge in [-0.15, -0.1) is 0 Å². The van der Waals surface area contributed by atoms with Gasteiger partial charge >= 0.3 is 5.97 Å². The summed E-state index contributed by atoms with van der Waals surface area (Å²) in [6, 6.07) is 10.6. The van der Waals surface area contributed by atoms with Gasteiger partial charge in [-0.3, -0.25) is 0 Å². The number of aromatic amines is 1. The number of nitrogens with one attached hydrogen (secondary N) is 1. The monoisotopic (exact) mass is 289 g/mol. The molecule has 1 aromatic heterocycles. The molecule has 1 unspecified atom stereocenters. The van der Waals surface area contributed by atoms with E-state index in [-0.39, 0.29) is 0 Å². The van der Waals surface area contributed by atoms with E-state index in [0.717, 1.165) is 21.8 Å². The van der Waals surface area contributed by atoms with Crippen molar-refractivity contribution in [1.82, 2.24) is 4.98 Å². The molecule has 3 aromatic rings. The number of hydrogen-bond donors (Lipinski definition) is 3. The van der Waals surface area contributed by atoms with Crippen molar-refractivity contribution < 1.29 is 15.0 Å². The van der Waals surface area contributed by atoms with Crippen molar-refractivity contribution in [2.24, 2.45) is 0 Å². The Balaban J connectivity index is 2.27. The van der Waals surface area contributed by atoms with Gasteiger partial charge in [-0.05, 0) is 36.8 Å². The molecule has 0 aliphatic carbocycles. The van der Waals surface area contributed by atoms with Crippen molar-refractivity contribution >= 4 is 39.4 Å². The Morgan fingerprint density at radius 3 is 2.60 bits per heavy atom. The topological polar surface area (TPSA) is 73.3 Å². The number of H-pyrrole nitrogens is 1. The first kappa shape index (κ1) is 13.0. The molecule has 0 spiro atoms. The smallest absolute Gasteiger partial charge is 0.340 e. The summed E-state index contributed by atoms with van der Waals surface area (Å²) < 4.78 is 0. The van der Waals surface area contributed by atoms with Crippen molar-refractivity contribution in [3.05, 3.63) is 47.0 Å². The van der Waals surface area contributed by atoms with Crippen molar-refractivity contribution in [3.8, 4) is 0 Å². The van der Waals surface area contributed by atoms with E-state index in [0.29, 0.717) is 10.6 Å². The Labute approximate surface area is 119 Å². The molecule has 102 valence electrons. The quantitative estimate of drug-likeness (QED) is 0.678. The summed E-state index contributed by atoms with van der Waals surface area (Å²) in [6.07, 6.45) is 0. The number of carboxylic acid groups (broad SMARTS) is 1. The highest BCUT2D eigenvalue weighted by atomic mass is 35.5. The van der Waals surface area contributed by atoms with E-state index in [4.69, 9.17) is 16.7 Å². The first-order valence-electron chi connectivity index (χ1n) is 6.07. The molecule has 1 atom stereocenters. The fourth-order valence-electron chi connectivity index (χ4n) is 2.30. The van der Waals surface area contributed by atoms with E-state index in [1.54, 1.807) is 24.3 Å². The van der Waals surface area contributed by atoms with Gasteiger partial charge in [-0.1, -0.05) is 23.7 Å². The molecule has 20 heavy (non-hydrogen) atoms. The molecule has 4 nitrogen and oxygen atoms in total. The lowest BCUT2D eigenvalue weighted by atomic mass is 9.95. The largest absolute Gasteiger partial charge is 0.479 e. The summed E-state index contributed by atoms with van der Waals surface area (Å²) in [5.74, 6) is -1.28. The first-order chi connectivity index (χ1) is 9.39. The van der Waals surface area contributed by atoms with Crippen LogP contribution in [-0.4, -0.2) is 21.2 Å². The molecule has 0 fully saturated rings. The number of aliphatic carboxylic acids is 1. The highest BCUT2D eigenvalue weighted by molar-refractivity contribution is 6.31. The van der Waals surface area contributed by atoms with Gasteiger partial charge in [0.15, 0.2) is 5.60 Å². The summed E-state index contributed by atoms with van der Waals surface area (Å²) in [5, 5.41) is 21.6. The Morgan fingerprint density at radius 1 is 1.15 bits per heavy atom. The van der Waals surface area contributed by atoms with Crippen molar-refractivity contribution in [2.75, 3.05) is 0 Å². The highest BCUT2D eigenvalue weighted by Gasteiger charge is 2.32. The summed E-state index contributed by atoms with van der Waals surface area (Å²) in [7, 11) is 0. The van der Waals surface area contributed by atoms with Gasteiger partial charge in [0.05, 0.1) is 0 Å². The van der Waals surface area contributed by atoms with E-state index in [1.807, 2.05) is 12.1 Å². The minimum absolute atomic E-state index is 0.329. The molecule has 3 rings (SSSR count). The normalized spacial score (nSPS) is 14.6. The number of rotatable bonds is 2. The molecule has 0 bridgehead atoms. The summed E-state index contributed by atoms with van der Waals surface area (Å²) in [5.41, 5.74) is 0.0938. The van der Waals surface area contributed by atoms with Crippen molar-refractivity contribution in [2.45, 2.75) is 12.5 Å². The lowest BCUT2D eigenvalue weighted by Crippen LogP contribution is -2.31. The predicted molar refractivity (Wildman–Crippen MR) is 78.0 cm³/mol. The molecule has 0 saturated carbocycles. The van der Waals surface area contributed by atoms with E-state index in [1.165, 1.54) is 6.92 Å². The van der Waals surface area contributed by atoms with Gasteiger partial charge in [-0.2, -0.15) is 0 Å². The van der Waals surface area contributed by atoms with Gasteiger partial charge in [-0.25, -0.2) is 4.79 Å². The lowest BCUT2D eigenvalue weighted by molar-refractivity contribution is -0.157. The number of halogens is 1. The van der Waals surface area contributed by atoms with Crippen molar-refractivity contribution in [3.63, 3.8) is 0 Å². The zero-order valence-electron chi connectivity index (χ0n) is 10.6. The third kappa shape index (κ3) is 1.85. The molecule has 0 amide bonds. The molecule has 0 radical (unpaired) electrons. The Morgan fingerprint density at radius 2 is 1.90 bits per heavy atom. The van der Waals surface area contributed by atoms with E-state index in [9.17, 15) is 9.90 Å². The Kier molecular flexibility index (Phi) is 2.74. The zero-order valence-corrected chi connectivity index (χ0v) is 11.4. The van der Waals surface area contributed by atoms with Gasteiger partial charge in [0.2, 0.25) is 0 Å². The van der Waals surface area contributed by atoms with E-state index >= 15 is 0 Å². The fraction of sp³-hybridized carbons (Fsp3) is 0.133. The number of carbonyl (C=O) groups is 1. The second-order valence-corrected chi connectivity index (χ2v) is 5.39. The van der Waals surface area contributed by atoms with Crippen LogP contribution in [0, 0.1) is 0 Å². The van der Waals surface area contributed by atoms with Crippen LogP contribution in [0.25, 0.3) is 21.8 Å². The summed E-state index contributed by atoms with van der Waals surface area (Å²) >= 11 is 5.99. The van der Waals surface area contributed by atoms with Gasteiger partial charge in [0.1, 0.15) is 0 Å². The third-order valence-corrected chi connectivity index (χ3v) is 3.77. The van der Waals surface area contributed by atoms with Crippen LogP contribution >= 0.6 is 11.6 Å². The number of fused-ring (bicyclic) bond motifs is 3. The van der Waals surface area contributed by atoms with Crippen LogP contribution in [0.2, 0.25) is 5.02 Å². The zero-order chi connectivity index (χ0) is 14.5. The maximum absolute atomic E-state index is 11.1. The van der Waals surface area contributed by atoms with Crippen LogP contribution in [0.4, 0.5) is 0 Å². The number of benzene rings is 2. The highest BCUT2D eigenvalue weighted by Crippen LogP contribution is 2.31. The molecule has 2 aromatic carbocycles. The predicted octanol–water partition coefficient (Wildman–Crippen LogP) is 3.27. The average Bonchev–Trinajstić information content (AvgIpc) is 2.75. The number of carboxylic acids is 1. The third-order valence-electron chi connectivity index (χ3n) is 3.54. The van der Waals surface area contributed by atoms with Crippen LogP contribution in [0.1, 0.15) is 12.5 Å². The summed E-state index contributed by atoms with van der Waals surface area (Å²) in [6.45, 7) is 1.26. The van der Waals surface area contributed by atoms with Crippen molar-refractivity contribution in [1.29, 1.82) is 0 Å². The Hall–Kier alpha value is -2.04. The molecule has 3 N–H and O–H groups in total. The van der Waals surface area contributed by atoms with E-state index < -0.39 is 11.6 Å². The van der Waals surface area contributed by atoms with Gasteiger partial charge < -0.3 is 15.2 Å². The standard InChI is InChI=1S/C15H12ClNO3/c1-15(20,14(18)19)8-2-4-10-11-7-9(16)3-5-12(11)17-13(10)6-8/h2-7,17,20H,1H3,(H,18,19). The maximum atomic E-state index is 11.1. The van der Waals surface area contributed by atoms with Crippen LogP contribution in [-0.2, 0) is 10.4 Å². The number of aromatic nitrogens is 1. The average molecular weight is 290 g/mol. The van der Waals surface area contributed by atoms with Crippen LogP contribution < -0.4 is 0 Å². The van der Waals surface area contributed by atoms with Gasteiger partial charge in [0.25, 0.3) is 0 Å². The second kappa shape index (κ2) is 4.23. The van der Waals surface area contributed by atoms with Crippen LogP contribution in [0.3, 0.4) is 0 Å². The SMILES string of the molecule is CC(O)(C(=O)O)c1ccc2c(c1)[nH]c1ccc(Cl)cc12. The minimum atomic E-state index is -1.91. The number of aliphatic hydroxyl groups is 1. The first-order valence-corrected chi connectivity index (χ1v) is 6.44. The lowest BCUT2D eigenvalue weighted by Gasteiger charge is -2.18. The van der Waals surface area contributed by atoms with E-state index in [2.05, 4.69) is 4.98 Å². The summed E-state index contributed by atoms with van der Waals surface area (Å²) in [4.78, 5) is 14.3. The molecule has 0 aliphatic rings. The molecular formula is C15H12ClNO3. The molecule has 1 heterocycles. The molecule has 0 saturated heterocycles. The Bertz CT molecular complexity index is 836.